The van der Waals surface area contributed by atoms with Crippen molar-refractivity contribution >= 4 is 69.6 Å². The fourth-order valence-electron chi connectivity index (χ4n) is 2.24. The van der Waals surface area contributed by atoms with Crippen LogP contribution >= 0.6 is 34.2 Å². The molecule has 1 saturated heterocycles. The van der Waals surface area contributed by atoms with Crippen LogP contribution in [0.4, 0.5) is 16.2 Å². The first-order chi connectivity index (χ1) is 12.0. The van der Waals surface area contributed by atoms with Crippen LogP contribution in [0.3, 0.4) is 0 Å². The van der Waals surface area contributed by atoms with E-state index in [2.05, 4.69) is 32.9 Å². The summed E-state index contributed by atoms with van der Waals surface area (Å²) in [5, 5.41) is 2.74. The third-order valence-electron chi connectivity index (χ3n) is 3.49. The number of halogens is 2. The average Bonchev–Trinajstić information content (AvgIpc) is 2.57. The average molecular weight is 468 g/mol. The van der Waals surface area contributed by atoms with Crippen LogP contribution in [-0.4, -0.2) is 24.1 Å². The lowest BCUT2D eigenvalue weighted by Crippen LogP contribution is -2.58. The van der Waals surface area contributed by atoms with Gasteiger partial charge in [0.15, 0.2) is 5.92 Å². The Morgan fingerprint density at radius 1 is 1.04 bits per heavy atom. The number of benzene rings is 2. The zero-order valence-corrected chi connectivity index (χ0v) is 15.6. The van der Waals surface area contributed by atoms with Crippen molar-refractivity contribution in [2.45, 2.75) is 0 Å². The van der Waals surface area contributed by atoms with E-state index in [1.165, 1.54) is 6.21 Å². The second-order valence-electron chi connectivity index (χ2n) is 5.18. The number of hydrogen-bond acceptors (Lipinski definition) is 4. The monoisotopic (exact) mass is 467 g/mol. The van der Waals surface area contributed by atoms with E-state index >= 15 is 0 Å². The summed E-state index contributed by atoms with van der Waals surface area (Å²) in [5.74, 6) is -2.53. The molecular weight excluding hydrogens is 457 g/mol. The van der Waals surface area contributed by atoms with Gasteiger partial charge in [-0.1, -0.05) is 11.6 Å². The third-order valence-corrected chi connectivity index (χ3v) is 4.46. The van der Waals surface area contributed by atoms with Crippen LogP contribution in [-0.2, 0) is 9.59 Å². The quantitative estimate of drug-likeness (QED) is 0.426. The molecule has 0 radical (unpaired) electrons. The van der Waals surface area contributed by atoms with E-state index < -0.39 is 23.8 Å². The minimum absolute atomic E-state index is 0.389. The van der Waals surface area contributed by atoms with Gasteiger partial charge in [-0.25, -0.2) is 9.69 Å². The number of carbonyl (C=O) groups is 3. The van der Waals surface area contributed by atoms with E-state index in [0.717, 1.165) is 8.47 Å². The molecule has 25 heavy (non-hydrogen) atoms. The molecule has 0 saturated carbocycles. The molecule has 6 nitrogen and oxygen atoms in total. The lowest BCUT2D eigenvalue weighted by atomic mass is 10.1. The molecular formula is C17H11ClIN3O3. The topological polar surface area (TPSA) is 78.8 Å². The van der Waals surface area contributed by atoms with Crippen LogP contribution in [0, 0.1) is 9.49 Å². The van der Waals surface area contributed by atoms with Crippen molar-refractivity contribution in [3.05, 3.63) is 57.1 Å². The Morgan fingerprint density at radius 2 is 1.68 bits per heavy atom. The van der Waals surface area contributed by atoms with Crippen molar-refractivity contribution in [2.75, 3.05) is 4.90 Å². The Morgan fingerprint density at radius 3 is 2.32 bits per heavy atom. The van der Waals surface area contributed by atoms with Gasteiger partial charge in [0, 0.05) is 14.8 Å². The molecule has 1 atom stereocenters. The lowest BCUT2D eigenvalue weighted by Gasteiger charge is -2.28. The number of hydrogen-bond donors (Lipinski definition) is 1. The minimum atomic E-state index is -1.19. The van der Waals surface area contributed by atoms with Gasteiger partial charge in [0.2, 0.25) is 5.91 Å². The second-order valence-corrected chi connectivity index (χ2v) is 6.86. The molecule has 1 heterocycles. The Kier molecular flexibility index (Phi) is 5.14. The summed E-state index contributed by atoms with van der Waals surface area (Å²) in [6.45, 7) is 0. The van der Waals surface area contributed by atoms with Gasteiger partial charge in [0.05, 0.1) is 11.4 Å². The molecule has 1 aliphatic heterocycles. The molecule has 126 valence electrons. The third kappa shape index (κ3) is 3.88. The van der Waals surface area contributed by atoms with Gasteiger partial charge < -0.3 is 0 Å². The number of urea groups is 1. The van der Waals surface area contributed by atoms with Gasteiger partial charge in [-0.15, -0.1) is 0 Å². The molecule has 1 N–H and O–H groups in total. The maximum atomic E-state index is 12.6. The standard InChI is InChI=1S/C17H11ClIN3O3/c18-10-1-5-12(6-2-10)20-9-14-15(23)21-17(25)22(16(14)24)13-7-3-11(19)4-8-13/h1-9,14H,(H,21,23,25)/t14-/m0/s1. The summed E-state index contributed by atoms with van der Waals surface area (Å²) in [7, 11) is 0. The summed E-state index contributed by atoms with van der Waals surface area (Å²) in [6.07, 6.45) is 1.23. The van der Waals surface area contributed by atoms with E-state index in [4.69, 9.17) is 11.6 Å². The van der Waals surface area contributed by atoms with Crippen molar-refractivity contribution in [2.24, 2.45) is 10.9 Å². The molecule has 1 fully saturated rings. The molecule has 0 spiro atoms. The van der Waals surface area contributed by atoms with Gasteiger partial charge in [-0.05, 0) is 71.1 Å². The van der Waals surface area contributed by atoms with Crippen LogP contribution in [0.5, 0.6) is 0 Å². The van der Waals surface area contributed by atoms with Crippen molar-refractivity contribution in [1.82, 2.24) is 5.32 Å². The molecule has 8 heteroatoms. The molecule has 2 aromatic carbocycles. The molecule has 2 aromatic rings. The van der Waals surface area contributed by atoms with Gasteiger partial charge >= 0.3 is 6.03 Å². The zero-order valence-electron chi connectivity index (χ0n) is 12.6. The normalized spacial score (nSPS) is 17.9. The molecule has 1 aliphatic rings. The summed E-state index contributed by atoms with van der Waals surface area (Å²) >= 11 is 7.92. The summed E-state index contributed by atoms with van der Waals surface area (Å²) in [6, 6.07) is 12.7. The second kappa shape index (κ2) is 7.32. The number of nitrogens with one attached hydrogen (secondary N) is 1. The zero-order chi connectivity index (χ0) is 18.0. The first kappa shape index (κ1) is 17.6. The van der Waals surface area contributed by atoms with Gasteiger partial charge in [0.1, 0.15) is 0 Å². The molecule has 0 aromatic heterocycles. The summed E-state index contributed by atoms with van der Waals surface area (Å²) < 4.78 is 0.961. The lowest BCUT2D eigenvalue weighted by molar-refractivity contribution is -0.131. The Labute approximate surface area is 162 Å². The number of amides is 4. The Hall–Kier alpha value is -2.26. The maximum absolute atomic E-state index is 12.6. The number of anilines is 1. The van der Waals surface area contributed by atoms with Crippen LogP contribution in [0.15, 0.2) is 53.5 Å². The van der Waals surface area contributed by atoms with E-state index in [-0.39, 0.29) is 0 Å². The number of nitrogens with zero attached hydrogens (tertiary/aromatic N) is 2. The Balaban J connectivity index is 1.87. The van der Waals surface area contributed by atoms with E-state index in [1.54, 1.807) is 48.5 Å². The van der Waals surface area contributed by atoms with E-state index in [0.29, 0.717) is 16.4 Å². The minimum Gasteiger partial charge on any atom is -0.276 e. The van der Waals surface area contributed by atoms with Crippen molar-refractivity contribution in [3.63, 3.8) is 0 Å². The highest BCUT2D eigenvalue weighted by Crippen LogP contribution is 2.22. The smallest absolute Gasteiger partial charge is 0.276 e. The summed E-state index contributed by atoms with van der Waals surface area (Å²) in [5.41, 5.74) is 0.933. The van der Waals surface area contributed by atoms with Crippen LogP contribution in [0.2, 0.25) is 5.02 Å². The fourth-order valence-corrected chi connectivity index (χ4v) is 2.73. The Bertz CT molecular complexity index is 866. The molecule has 0 bridgehead atoms. The van der Waals surface area contributed by atoms with Gasteiger partial charge in [0.25, 0.3) is 5.91 Å². The predicted octanol–water partition coefficient (Wildman–Crippen LogP) is 3.55. The molecule has 0 aliphatic carbocycles. The van der Waals surface area contributed by atoms with Gasteiger partial charge in [-0.3, -0.25) is 19.9 Å². The van der Waals surface area contributed by atoms with Crippen LogP contribution in [0.25, 0.3) is 0 Å². The predicted molar refractivity (Wildman–Crippen MR) is 103 cm³/mol. The SMILES string of the molecule is O=C1NC(=O)N(c2ccc(I)cc2)C(=O)[C@H]1C=Nc1ccc(Cl)cc1. The van der Waals surface area contributed by atoms with Gasteiger partial charge in [-0.2, -0.15) is 0 Å². The molecule has 4 amide bonds. The van der Waals surface area contributed by atoms with Crippen molar-refractivity contribution < 1.29 is 14.4 Å². The first-order valence-electron chi connectivity index (χ1n) is 7.20. The van der Waals surface area contributed by atoms with E-state index in [9.17, 15) is 14.4 Å². The number of rotatable bonds is 3. The van der Waals surface area contributed by atoms with E-state index in [1.807, 2.05) is 0 Å². The highest BCUT2D eigenvalue weighted by atomic mass is 127. The van der Waals surface area contributed by atoms with Crippen molar-refractivity contribution in [1.29, 1.82) is 0 Å². The summed E-state index contributed by atoms with van der Waals surface area (Å²) in [4.78, 5) is 41.8. The number of barbiturate groups is 1. The maximum Gasteiger partial charge on any atom is 0.335 e. The largest absolute Gasteiger partial charge is 0.335 e. The van der Waals surface area contributed by atoms with Crippen molar-refractivity contribution in [3.8, 4) is 0 Å². The van der Waals surface area contributed by atoms with Crippen LogP contribution in [0.1, 0.15) is 0 Å². The number of imide groups is 2. The first-order valence-corrected chi connectivity index (χ1v) is 8.65. The highest BCUT2D eigenvalue weighted by molar-refractivity contribution is 14.1. The fraction of sp³-hybridized carbons (Fsp3) is 0.0588. The number of aliphatic imine (C=N–C) groups is 1. The molecule has 3 rings (SSSR count). The number of carbonyl (C=O) groups excluding carboxylic acids is 3. The van der Waals surface area contributed by atoms with Crippen LogP contribution < -0.4 is 10.2 Å². The highest BCUT2D eigenvalue weighted by Gasteiger charge is 2.40. The molecule has 0 unspecified atom stereocenters.